The molecule has 1 aliphatic rings. The van der Waals surface area contributed by atoms with Crippen LogP contribution in [-0.4, -0.2) is 30.4 Å². The molecule has 5 heteroatoms. The largest absolute Gasteiger partial charge is 0.392 e. The van der Waals surface area contributed by atoms with E-state index in [4.69, 9.17) is 0 Å². The highest BCUT2D eigenvalue weighted by Gasteiger charge is 2.37. The van der Waals surface area contributed by atoms with Crippen LogP contribution in [0.3, 0.4) is 0 Å². The molecule has 1 saturated carbocycles. The molecule has 1 N–H and O–H groups in total. The lowest BCUT2D eigenvalue weighted by Crippen LogP contribution is -2.33. The Morgan fingerprint density at radius 2 is 2.10 bits per heavy atom. The molecule has 0 saturated heterocycles. The van der Waals surface area contributed by atoms with Gasteiger partial charge in [-0.3, -0.25) is 0 Å². The van der Waals surface area contributed by atoms with Crippen LogP contribution in [0.15, 0.2) is 35.7 Å². The van der Waals surface area contributed by atoms with E-state index in [0.717, 1.165) is 24.8 Å². The van der Waals surface area contributed by atoms with Crippen LogP contribution < -0.4 is 0 Å². The molecule has 20 heavy (non-hydrogen) atoms. The van der Waals surface area contributed by atoms with Gasteiger partial charge in [0.25, 0.3) is 0 Å². The Morgan fingerprint density at radius 1 is 1.40 bits per heavy atom. The number of benzene rings is 1. The lowest BCUT2D eigenvalue weighted by Gasteiger charge is -2.21. The second-order valence-electron chi connectivity index (χ2n) is 5.04. The highest BCUT2D eigenvalue weighted by Crippen LogP contribution is 2.32. The Kier molecular flexibility index (Phi) is 4.62. The minimum absolute atomic E-state index is 0.0985. The molecule has 110 valence electrons. The van der Waals surface area contributed by atoms with Gasteiger partial charge in [0.05, 0.1) is 11.5 Å². The molecular weight excluding hydrogens is 274 g/mol. The van der Waals surface area contributed by atoms with Crippen molar-refractivity contribution in [2.45, 2.75) is 43.7 Å². The fourth-order valence-electron chi connectivity index (χ4n) is 2.32. The fraction of sp³-hybridized carbons (Fsp3) is 0.467. The number of aryl methyl sites for hydroxylation is 1. The minimum atomic E-state index is -3.51. The van der Waals surface area contributed by atoms with Crippen molar-refractivity contribution < 1.29 is 13.5 Å². The predicted molar refractivity (Wildman–Crippen MR) is 78.9 cm³/mol. The van der Waals surface area contributed by atoms with Crippen LogP contribution in [0.4, 0.5) is 0 Å². The normalized spacial score (nSPS) is 15.6. The molecule has 0 spiro atoms. The zero-order valence-electron chi connectivity index (χ0n) is 11.7. The summed E-state index contributed by atoms with van der Waals surface area (Å²) >= 11 is 0. The number of aliphatic hydroxyl groups is 1. The Hall–Kier alpha value is -1.17. The smallest absolute Gasteiger partial charge is 0.243 e. The maximum atomic E-state index is 12.7. The van der Waals surface area contributed by atoms with Gasteiger partial charge in [-0.05, 0) is 42.5 Å². The SMILES string of the molecule is C=CCN(C1CC1)S(=O)(=O)c1ccc(CC)c(CO)c1. The predicted octanol–water partition coefficient (Wildman–Crippen LogP) is 2.08. The number of nitrogens with zero attached hydrogens (tertiary/aromatic N) is 1. The number of rotatable bonds is 7. The molecule has 2 rings (SSSR count). The number of aliphatic hydroxyl groups excluding tert-OH is 1. The molecule has 0 atom stereocenters. The maximum Gasteiger partial charge on any atom is 0.243 e. The summed E-state index contributed by atoms with van der Waals surface area (Å²) in [4.78, 5) is 0.257. The first kappa shape index (κ1) is 15.2. The third-order valence-corrected chi connectivity index (χ3v) is 5.51. The number of sulfonamides is 1. The van der Waals surface area contributed by atoms with Gasteiger partial charge in [0, 0.05) is 12.6 Å². The van der Waals surface area contributed by atoms with Crippen LogP contribution >= 0.6 is 0 Å². The summed E-state index contributed by atoms with van der Waals surface area (Å²) in [6.07, 6.45) is 4.21. The van der Waals surface area contributed by atoms with E-state index in [1.54, 1.807) is 24.3 Å². The fourth-order valence-corrected chi connectivity index (χ4v) is 4.03. The number of hydrogen-bond acceptors (Lipinski definition) is 3. The summed E-state index contributed by atoms with van der Waals surface area (Å²) in [7, 11) is -3.51. The van der Waals surface area contributed by atoms with Gasteiger partial charge in [-0.25, -0.2) is 8.42 Å². The van der Waals surface area contributed by atoms with E-state index in [2.05, 4.69) is 6.58 Å². The maximum absolute atomic E-state index is 12.7. The van der Waals surface area contributed by atoms with E-state index < -0.39 is 10.0 Å². The minimum Gasteiger partial charge on any atom is -0.392 e. The average Bonchev–Trinajstić information content (AvgIpc) is 3.28. The van der Waals surface area contributed by atoms with Crippen molar-refractivity contribution in [3.8, 4) is 0 Å². The first-order chi connectivity index (χ1) is 9.54. The Labute approximate surface area is 120 Å². The molecular formula is C15H21NO3S. The van der Waals surface area contributed by atoms with Gasteiger partial charge < -0.3 is 5.11 Å². The van der Waals surface area contributed by atoms with E-state index in [1.807, 2.05) is 6.92 Å². The summed E-state index contributed by atoms with van der Waals surface area (Å²) in [5.41, 5.74) is 1.66. The molecule has 0 amide bonds. The monoisotopic (exact) mass is 295 g/mol. The third-order valence-electron chi connectivity index (χ3n) is 3.60. The van der Waals surface area contributed by atoms with Gasteiger partial charge in [-0.1, -0.05) is 19.1 Å². The molecule has 0 heterocycles. The van der Waals surface area contributed by atoms with Crippen molar-refractivity contribution in [2.75, 3.05) is 6.54 Å². The van der Waals surface area contributed by atoms with Crippen LogP contribution in [0.25, 0.3) is 0 Å². The van der Waals surface area contributed by atoms with Gasteiger partial charge in [-0.2, -0.15) is 4.31 Å². The van der Waals surface area contributed by atoms with Gasteiger partial charge in [0.15, 0.2) is 0 Å². The van der Waals surface area contributed by atoms with Crippen molar-refractivity contribution in [3.05, 3.63) is 42.0 Å². The first-order valence-electron chi connectivity index (χ1n) is 6.90. The van der Waals surface area contributed by atoms with E-state index in [0.29, 0.717) is 12.1 Å². The zero-order chi connectivity index (χ0) is 14.8. The Bertz CT molecular complexity index is 591. The molecule has 0 aromatic heterocycles. The lowest BCUT2D eigenvalue weighted by molar-refractivity contribution is 0.280. The third kappa shape index (κ3) is 2.95. The molecule has 0 aliphatic heterocycles. The van der Waals surface area contributed by atoms with Crippen molar-refractivity contribution in [3.63, 3.8) is 0 Å². The first-order valence-corrected chi connectivity index (χ1v) is 8.34. The van der Waals surface area contributed by atoms with Crippen molar-refractivity contribution in [1.29, 1.82) is 0 Å². The molecule has 4 nitrogen and oxygen atoms in total. The van der Waals surface area contributed by atoms with Gasteiger partial charge >= 0.3 is 0 Å². The van der Waals surface area contributed by atoms with Crippen molar-refractivity contribution >= 4 is 10.0 Å². The van der Waals surface area contributed by atoms with Crippen LogP contribution in [0.2, 0.25) is 0 Å². The van der Waals surface area contributed by atoms with Crippen LogP contribution in [0, 0.1) is 0 Å². The number of hydrogen-bond donors (Lipinski definition) is 1. The zero-order valence-corrected chi connectivity index (χ0v) is 12.6. The van der Waals surface area contributed by atoms with Crippen molar-refractivity contribution in [1.82, 2.24) is 4.31 Å². The van der Waals surface area contributed by atoms with Crippen LogP contribution in [-0.2, 0) is 23.1 Å². The topological polar surface area (TPSA) is 57.6 Å². The standard InChI is InChI=1S/C15H21NO3S/c1-3-9-16(14-6-7-14)20(18,19)15-8-5-12(4-2)13(10-15)11-17/h3,5,8,10,14,17H,1,4,6-7,9,11H2,2H3. The van der Waals surface area contributed by atoms with Crippen LogP contribution in [0.5, 0.6) is 0 Å². The molecule has 1 aromatic carbocycles. The molecule has 1 fully saturated rings. The second kappa shape index (κ2) is 6.08. The summed E-state index contributed by atoms with van der Waals surface area (Å²) in [5, 5.41) is 9.38. The average molecular weight is 295 g/mol. The Morgan fingerprint density at radius 3 is 2.60 bits per heavy atom. The van der Waals surface area contributed by atoms with E-state index in [9.17, 15) is 13.5 Å². The molecule has 1 aliphatic carbocycles. The van der Waals surface area contributed by atoms with Gasteiger partial charge in [0.1, 0.15) is 0 Å². The van der Waals surface area contributed by atoms with Gasteiger partial charge in [0.2, 0.25) is 10.0 Å². The van der Waals surface area contributed by atoms with Crippen LogP contribution in [0.1, 0.15) is 30.9 Å². The van der Waals surface area contributed by atoms with E-state index in [-0.39, 0.29) is 17.5 Å². The van der Waals surface area contributed by atoms with Crippen molar-refractivity contribution in [2.24, 2.45) is 0 Å². The second-order valence-corrected chi connectivity index (χ2v) is 6.93. The molecule has 1 aromatic rings. The Balaban J connectivity index is 2.39. The molecule has 0 radical (unpaired) electrons. The quantitative estimate of drug-likeness (QED) is 0.784. The van der Waals surface area contributed by atoms with E-state index in [1.165, 1.54) is 4.31 Å². The summed E-state index contributed by atoms with van der Waals surface area (Å²) in [6.45, 7) is 5.80. The molecule has 0 unspecified atom stereocenters. The molecule has 0 bridgehead atoms. The van der Waals surface area contributed by atoms with E-state index >= 15 is 0 Å². The van der Waals surface area contributed by atoms with Gasteiger partial charge in [-0.15, -0.1) is 6.58 Å². The summed E-state index contributed by atoms with van der Waals surface area (Å²) in [5.74, 6) is 0. The summed E-state index contributed by atoms with van der Waals surface area (Å²) in [6, 6.07) is 5.11. The highest BCUT2D eigenvalue weighted by molar-refractivity contribution is 7.89. The lowest BCUT2D eigenvalue weighted by atomic mass is 10.1. The summed E-state index contributed by atoms with van der Waals surface area (Å²) < 4.78 is 26.8. The highest BCUT2D eigenvalue weighted by atomic mass is 32.2.